The summed E-state index contributed by atoms with van der Waals surface area (Å²) in [5.41, 5.74) is -0.654. The van der Waals surface area contributed by atoms with Gasteiger partial charge in [-0.15, -0.1) is 0 Å². The Bertz CT molecular complexity index is 466. The molecule has 0 spiro atoms. The molecule has 1 rings (SSSR count). The van der Waals surface area contributed by atoms with Crippen molar-refractivity contribution >= 4 is 17.8 Å². The van der Waals surface area contributed by atoms with Crippen molar-refractivity contribution in [2.24, 2.45) is 0 Å². The van der Waals surface area contributed by atoms with E-state index in [0.29, 0.717) is 0 Å². The first kappa shape index (κ1) is 11.7. The Morgan fingerprint density at radius 2 is 1.62 bits per heavy atom. The van der Waals surface area contributed by atoms with Gasteiger partial charge in [0.05, 0.1) is 11.1 Å². The summed E-state index contributed by atoms with van der Waals surface area (Å²) in [7, 11) is 1.40. The molecule has 1 amide bonds. The second-order valence-electron chi connectivity index (χ2n) is 2.95. The smallest absolute Gasteiger partial charge is 0.336 e. The Morgan fingerprint density at radius 3 is 2.06 bits per heavy atom. The third-order valence-corrected chi connectivity index (χ3v) is 1.97. The molecule has 0 atom stereocenters. The quantitative estimate of drug-likeness (QED) is 0.689. The Kier molecular flexibility index (Phi) is 3.24. The summed E-state index contributed by atoms with van der Waals surface area (Å²) in [5, 5.41) is 19.9. The predicted molar refractivity (Wildman–Crippen MR) is 53.8 cm³/mol. The number of amides is 1. The first-order valence-corrected chi connectivity index (χ1v) is 4.30. The average Bonchev–Trinajstić information content (AvgIpc) is 2.26. The van der Waals surface area contributed by atoms with Crippen molar-refractivity contribution in [2.75, 3.05) is 7.05 Å². The minimum Gasteiger partial charge on any atom is -0.478 e. The lowest BCUT2D eigenvalue weighted by atomic mass is 10.0. The average molecular weight is 223 g/mol. The predicted octanol–water partition coefficient (Wildman–Crippen LogP) is 0.443. The number of carbonyl (C=O) groups is 3. The topological polar surface area (TPSA) is 104 Å². The van der Waals surface area contributed by atoms with Crippen molar-refractivity contribution in [2.45, 2.75) is 0 Å². The van der Waals surface area contributed by atoms with E-state index in [0.717, 1.165) is 12.1 Å². The third-order valence-electron chi connectivity index (χ3n) is 1.97. The Labute approximate surface area is 90.5 Å². The van der Waals surface area contributed by atoms with E-state index < -0.39 is 23.4 Å². The Balaban J connectivity index is 3.34. The van der Waals surface area contributed by atoms with Gasteiger partial charge >= 0.3 is 11.9 Å². The van der Waals surface area contributed by atoms with Crippen molar-refractivity contribution in [1.29, 1.82) is 0 Å². The van der Waals surface area contributed by atoms with E-state index in [2.05, 4.69) is 5.32 Å². The number of benzene rings is 1. The van der Waals surface area contributed by atoms with Crippen LogP contribution in [-0.4, -0.2) is 35.1 Å². The molecule has 0 aromatic heterocycles. The zero-order chi connectivity index (χ0) is 12.3. The van der Waals surface area contributed by atoms with Crippen LogP contribution in [0.3, 0.4) is 0 Å². The zero-order valence-electron chi connectivity index (χ0n) is 8.35. The molecular formula is C10H9NO5. The van der Waals surface area contributed by atoms with Crippen LogP contribution >= 0.6 is 0 Å². The first-order chi connectivity index (χ1) is 7.47. The summed E-state index contributed by atoms with van der Waals surface area (Å²) in [6.45, 7) is 0. The molecule has 0 radical (unpaired) electrons. The van der Waals surface area contributed by atoms with Gasteiger partial charge in [-0.25, -0.2) is 9.59 Å². The molecule has 6 heteroatoms. The molecule has 0 bridgehead atoms. The highest BCUT2D eigenvalue weighted by Crippen LogP contribution is 2.12. The van der Waals surface area contributed by atoms with Gasteiger partial charge in [0.25, 0.3) is 5.91 Å². The minimum absolute atomic E-state index is 0.102. The summed E-state index contributed by atoms with van der Waals surface area (Å²) >= 11 is 0. The lowest BCUT2D eigenvalue weighted by Gasteiger charge is -2.04. The van der Waals surface area contributed by atoms with Gasteiger partial charge in [0, 0.05) is 12.6 Å². The molecule has 0 aliphatic carbocycles. The maximum absolute atomic E-state index is 11.2. The largest absolute Gasteiger partial charge is 0.478 e. The molecule has 3 N–H and O–H groups in total. The van der Waals surface area contributed by atoms with Crippen LogP contribution in [0, 0.1) is 0 Å². The number of rotatable bonds is 3. The molecule has 0 fully saturated rings. The van der Waals surface area contributed by atoms with Crippen LogP contribution in [-0.2, 0) is 0 Å². The van der Waals surface area contributed by atoms with Crippen LogP contribution in [0.2, 0.25) is 0 Å². The van der Waals surface area contributed by atoms with Crippen molar-refractivity contribution in [3.8, 4) is 0 Å². The van der Waals surface area contributed by atoms with E-state index >= 15 is 0 Å². The van der Waals surface area contributed by atoms with Crippen molar-refractivity contribution in [3.63, 3.8) is 0 Å². The van der Waals surface area contributed by atoms with Crippen LogP contribution < -0.4 is 5.32 Å². The van der Waals surface area contributed by atoms with E-state index in [9.17, 15) is 14.4 Å². The van der Waals surface area contributed by atoms with Crippen molar-refractivity contribution < 1.29 is 24.6 Å². The van der Waals surface area contributed by atoms with Crippen molar-refractivity contribution in [1.82, 2.24) is 5.32 Å². The monoisotopic (exact) mass is 223 g/mol. The van der Waals surface area contributed by atoms with E-state index in [1.54, 1.807) is 0 Å². The number of hydrogen-bond acceptors (Lipinski definition) is 3. The highest BCUT2D eigenvalue weighted by molar-refractivity contribution is 6.04. The van der Waals surface area contributed by atoms with Gasteiger partial charge in [0.2, 0.25) is 0 Å². The fourth-order valence-electron chi connectivity index (χ4n) is 1.19. The summed E-state index contributed by atoms with van der Waals surface area (Å²) in [6.07, 6.45) is 0. The second-order valence-corrected chi connectivity index (χ2v) is 2.95. The van der Waals surface area contributed by atoms with Crippen LogP contribution in [0.5, 0.6) is 0 Å². The maximum atomic E-state index is 11.2. The lowest BCUT2D eigenvalue weighted by molar-refractivity contribution is 0.0651. The van der Waals surface area contributed by atoms with Crippen LogP contribution in [0.4, 0.5) is 0 Å². The number of nitrogens with one attached hydrogen (secondary N) is 1. The lowest BCUT2D eigenvalue weighted by Crippen LogP contribution is -2.19. The molecule has 0 saturated heterocycles. The van der Waals surface area contributed by atoms with E-state index in [1.807, 2.05) is 0 Å². The fraction of sp³-hybridized carbons (Fsp3) is 0.100. The van der Waals surface area contributed by atoms with Crippen LogP contribution in [0.15, 0.2) is 18.2 Å². The molecule has 1 aromatic carbocycles. The SMILES string of the molecule is CNC(=O)c1ccc(C(=O)O)c(C(=O)O)c1. The summed E-state index contributed by atoms with van der Waals surface area (Å²) in [6, 6.07) is 3.38. The van der Waals surface area contributed by atoms with Gasteiger partial charge in [-0.05, 0) is 18.2 Å². The molecule has 6 nitrogen and oxygen atoms in total. The summed E-state index contributed by atoms with van der Waals surface area (Å²) in [4.78, 5) is 32.7. The number of aromatic carboxylic acids is 2. The molecular weight excluding hydrogens is 214 g/mol. The second kappa shape index (κ2) is 4.43. The standard InChI is InChI=1S/C10H9NO5/c1-11-8(12)5-2-3-6(9(13)14)7(4-5)10(15)16/h2-4H,1H3,(H,11,12)(H,13,14)(H,15,16). The van der Waals surface area contributed by atoms with Gasteiger partial charge < -0.3 is 15.5 Å². The molecule has 0 heterocycles. The number of hydrogen-bond donors (Lipinski definition) is 3. The normalized spacial score (nSPS) is 9.56. The number of carbonyl (C=O) groups excluding carboxylic acids is 1. The molecule has 16 heavy (non-hydrogen) atoms. The Hall–Kier alpha value is -2.37. The summed E-state index contributed by atoms with van der Waals surface area (Å²) in [5.74, 6) is -3.21. The van der Waals surface area contributed by atoms with Gasteiger partial charge in [0.15, 0.2) is 0 Å². The van der Waals surface area contributed by atoms with Gasteiger partial charge in [-0.2, -0.15) is 0 Å². The van der Waals surface area contributed by atoms with E-state index in [1.165, 1.54) is 13.1 Å². The third kappa shape index (κ3) is 2.17. The van der Waals surface area contributed by atoms with Crippen molar-refractivity contribution in [3.05, 3.63) is 34.9 Å². The van der Waals surface area contributed by atoms with Crippen LogP contribution in [0.25, 0.3) is 0 Å². The maximum Gasteiger partial charge on any atom is 0.336 e. The summed E-state index contributed by atoms with van der Waals surface area (Å²) < 4.78 is 0. The molecule has 0 aliphatic heterocycles. The Morgan fingerprint density at radius 1 is 1.06 bits per heavy atom. The molecule has 0 unspecified atom stereocenters. The fourth-order valence-corrected chi connectivity index (χ4v) is 1.19. The number of carboxylic acids is 2. The van der Waals surface area contributed by atoms with E-state index in [4.69, 9.17) is 10.2 Å². The number of carboxylic acid groups (broad SMARTS) is 2. The minimum atomic E-state index is -1.39. The first-order valence-electron chi connectivity index (χ1n) is 4.30. The van der Waals surface area contributed by atoms with Crippen LogP contribution in [0.1, 0.15) is 31.1 Å². The molecule has 0 aliphatic rings. The van der Waals surface area contributed by atoms with Gasteiger partial charge in [-0.1, -0.05) is 0 Å². The van der Waals surface area contributed by atoms with Gasteiger partial charge in [-0.3, -0.25) is 4.79 Å². The van der Waals surface area contributed by atoms with E-state index in [-0.39, 0.29) is 11.1 Å². The van der Waals surface area contributed by atoms with Gasteiger partial charge in [0.1, 0.15) is 0 Å². The highest BCUT2D eigenvalue weighted by atomic mass is 16.4. The highest BCUT2D eigenvalue weighted by Gasteiger charge is 2.17. The molecule has 0 saturated carbocycles. The zero-order valence-corrected chi connectivity index (χ0v) is 8.35. The molecule has 1 aromatic rings. The molecule has 84 valence electrons.